The molecule has 102 valence electrons. The number of benzene rings is 1. The highest BCUT2D eigenvalue weighted by Crippen LogP contribution is 2.36. The standard InChI is InChI=1S/C14H18BrN3O/c1-9-5-6-12(19-4)10(7-9)14-13(15)11(8-16-2)18(3)17-14/h5-7,16H,8H2,1-4H3. The van der Waals surface area contributed by atoms with Crippen LogP contribution in [0.2, 0.25) is 0 Å². The average molecular weight is 324 g/mol. The van der Waals surface area contributed by atoms with Gasteiger partial charge in [-0.05, 0) is 42.0 Å². The van der Waals surface area contributed by atoms with E-state index in [1.54, 1.807) is 7.11 Å². The van der Waals surface area contributed by atoms with Gasteiger partial charge in [0.05, 0.1) is 17.3 Å². The number of ether oxygens (including phenoxy) is 1. The van der Waals surface area contributed by atoms with Gasteiger partial charge in [0.15, 0.2) is 0 Å². The molecule has 1 heterocycles. The minimum absolute atomic E-state index is 0.762. The quantitative estimate of drug-likeness (QED) is 0.940. The molecule has 1 aromatic heterocycles. The maximum absolute atomic E-state index is 5.43. The summed E-state index contributed by atoms with van der Waals surface area (Å²) < 4.78 is 8.33. The van der Waals surface area contributed by atoms with Crippen LogP contribution in [0.15, 0.2) is 22.7 Å². The Morgan fingerprint density at radius 3 is 2.79 bits per heavy atom. The lowest BCUT2D eigenvalue weighted by atomic mass is 10.1. The number of nitrogens with one attached hydrogen (secondary N) is 1. The first-order valence-corrected chi connectivity index (χ1v) is 6.88. The highest BCUT2D eigenvalue weighted by atomic mass is 79.9. The van der Waals surface area contributed by atoms with Crippen molar-refractivity contribution >= 4 is 15.9 Å². The van der Waals surface area contributed by atoms with E-state index >= 15 is 0 Å². The molecule has 0 saturated heterocycles. The number of rotatable bonds is 4. The van der Waals surface area contributed by atoms with Gasteiger partial charge in [-0.1, -0.05) is 11.6 Å². The van der Waals surface area contributed by atoms with Crippen molar-refractivity contribution in [1.82, 2.24) is 15.1 Å². The fourth-order valence-corrected chi connectivity index (χ4v) is 2.76. The van der Waals surface area contributed by atoms with Crippen molar-refractivity contribution in [3.63, 3.8) is 0 Å². The summed E-state index contributed by atoms with van der Waals surface area (Å²) in [7, 11) is 5.55. The molecule has 19 heavy (non-hydrogen) atoms. The molecule has 0 saturated carbocycles. The van der Waals surface area contributed by atoms with Gasteiger partial charge in [0, 0.05) is 19.2 Å². The molecule has 0 atom stereocenters. The van der Waals surface area contributed by atoms with Crippen LogP contribution in [-0.4, -0.2) is 23.9 Å². The minimum atomic E-state index is 0.762. The largest absolute Gasteiger partial charge is 0.496 e. The molecular formula is C14H18BrN3O. The Hall–Kier alpha value is -1.33. The van der Waals surface area contributed by atoms with Gasteiger partial charge >= 0.3 is 0 Å². The lowest BCUT2D eigenvalue weighted by Crippen LogP contribution is -2.10. The van der Waals surface area contributed by atoms with Gasteiger partial charge in [-0.25, -0.2) is 0 Å². The highest BCUT2D eigenvalue weighted by Gasteiger charge is 2.18. The number of nitrogens with zero attached hydrogens (tertiary/aromatic N) is 2. The van der Waals surface area contributed by atoms with Crippen LogP contribution in [-0.2, 0) is 13.6 Å². The van der Waals surface area contributed by atoms with E-state index in [-0.39, 0.29) is 0 Å². The molecule has 0 spiro atoms. The first-order valence-electron chi connectivity index (χ1n) is 6.09. The molecule has 0 unspecified atom stereocenters. The van der Waals surface area contributed by atoms with Crippen LogP contribution in [0.4, 0.5) is 0 Å². The van der Waals surface area contributed by atoms with Gasteiger partial charge in [-0.3, -0.25) is 4.68 Å². The van der Waals surface area contributed by atoms with Gasteiger partial charge in [0.1, 0.15) is 11.4 Å². The van der Waals surface area contributed by atoms with E-state index in [1.807, 2.05) is 30.9 Å². The molecule has 0 aliphatic heterocycles. The monoisotopic (exact) mass is 323 g/mol. The summed E-state index contributed by atoms with van der Waals surface area (Å²) in [5, 5.41) is 7.75. The molecule has 0 fully saturated rings. The lowest BCUT2D eigenvalue weighted by Gasteiger charge is -2.07. The fraction of sp³-hybridized carbons (Fsp3) is 0.357. The van der Waals surface area contributed by atoms with Crippen molar-refractivity contribution in [3.8, 4) is 17.0 Å². The van der Waals surface area contributed by atoms with Crippen LogP contribution in [0.25, 0.3) is 11.3 Å². The number of aryl methyl sites for hydroxylation is 2. The number of methoxy groups -OCH3 is 1. The van der Waals surface area contributed by atoms with Crippen molar-refractivity contribution in [2.24, 2.45) is 7.05 Å². The lowest BCUT2D eigenvalue weighted by molar-refractivity contribution is 0.416. The molecule has 2 rings (SSSR count). The van der Waals surface area contributed by atoms with Crippen molar-refractivity contribution < 1.29 is 4.74 Å². The summed E-state index contributed by atoms with van der Waals surface area (Å²) >= 11 is 3.65. The van der Waals surface area contributed by atoms with Crippen LogP contribution in [0.3, 0.4) is 0 Å². The van der Waals surface area contributed by atoms with Gasteiger partial charge in [0.2, 0.25) is 0 Å². The van der Waals surface area contributed by atoms with Crippen LogP contribution < -0.4 is 10.1 Å². The van der Waals surface area contributed by atoms with Gasteiger partial charge < -0.3 is 10.1 Å². The molecular weight excluding hydrogens is 306 g/mol. The Morgan fingerprint density at radius 2 is 2.16 bits per heavy atom. The predicted octanol–water partition coefficient (Wildman–Crippen LogP) is 2.89. The predicted molar refractivity (Wildman–Crippen MR) is 80.4 cm³/mol. The fourth-order valence-electron chi connectivity index (χ4n) is 2.07. The second-order valence-electron chi connectivity index (χ2n) is 4.47. The van der Waals surface area contributed by atoms with E-state index in [2.05, 4.69) is 39.3 Å². The maximum Gasteiger partial charge on any atom is 0.128 e. The van der Waals surface area contributed by atoms with Gasteiger partial charge in [0.25, 0.3) is 0 Å². The summed E-state index contributed by atoms with van der Waals surface area (Å²) in [5.74, 6) is 0.834. The summed E-state index contributed by atoms with van der Waals surface area (Å²) in [6.07, 6.45) is 0. The van der Waals surface area contributed by atoms with E-state index in [4.69, 9.17) is 4.74 Å². The third kappa shape index (κ3) is 2.67. The van der Waals surface area contributed by atoms with E-state index < -0.39 is 0 Å². The Bertz CT molecular complexity index is 593. The molecule has 0 radical (unpaired) electrons. The van der Waals surface area contributed by atoms with Crippen molar-refractivity contribution in [2.75, 3.05) is 14.2 Å². The van der Waals surface area contributed by atoms with Gasteiger partial charge in [-0.2, -0.15) is 5.10 Å². The second kappa shape index (κ2) is 5.75. The molecule has 1 N–H and O–H groups in total. The summed E-state index contributed by atoms with van der Waals surface area (Å²) in [6, 6.07) is 6.10. The number of aromatic nitrogens is 2. The van der Waals surface area contributed by atoms with Crippen molar-refractivity contribution in [1.29, 1.82) is 0 Å². The molecule has 0 amide bonds. The Labute approximate surface area is 121 Å². The third-order valence-corrected chi connectivity index (χ3v) is 3.89. The third-order valence-electron chi connectivity index (χ3n) is 3.06. The van der Waals surface area contributed by atoms with E-state index in [1.165, 1.54) is 5.56 Å². The molecule has 0 aliphatic rings. The van der Waals surface area contributed by atoms with Crippen LogP contribution in [0.1, 0.15) is 11.3 Å². The number of hydrogen-bond acceptors (Lipinski definition) is 3. The SMILES string of the molecule is CNCc1c(Br)c(-c2cc(C)ccc2OC)nn1C. The van der Waals surface area contributed by atoms with E-state index in [0.717, 1.165) is 33.7 Å². The van der Waals surface area contributed by atoms with Crippen LogP contribution in [0.5, 0.6) is 5.75 Å². The number of hydrogen-bond donors (Lipinski definition) is 1. The normalized spacial score (nSPS) is 10.8. The Kier molecular flexibility index (Phi) is 4.27. The topological polar surface area (TPSA) is 39.1 Å². The Morgan fingerprint density at radius 1 is 1.42 bits per heavy atom. The molecule has 2 aromatic rings. The second-order valence-corrected chi connectivity index (χ2v) is 5.26. The maximum atomic E-state index is 5.43. The molecule has 4 nitrogen and oxygen atoms in total. The summed E-state index contributed by atoms with van der Waals surface area (Å²) in [5.41, 5.74) is 4.21. The summed E-state index contributed by atoms with van der Waals surface area (Å²) in [4.78, 5) is 0. The average Bonchev–Trinajstić information content (AvgIpc) is 2.67. The zero-order chi connectivity index (χ0) is 14.0. The molecule has 1 aromatic carbocycles. The molecule has 0 aliphatic carbocycles. The zero-order valence-electron chi connectivity index (χ0n) is 11.6. The van der Waals surface area contributed by atoms with E-state index in [0.29, 0.717) is 0 Å². The van der Waals surface area contributed by atoms with Gasteiger partial charge in [-0.15, -0.1) is 0 Å². The minimum Gasteiger partial charge on any atom is -0.496 e. The first-order chi connectivity index (χ1) is 9.08. The highest BCUT2D eigenvalue weighted by molar-refractivity contribution is 9.10. The zero-order valence-corrected chi connectivity index (χ0v) is 13.2. The summed E-state index contributed by atoms with van der Waals surface area (Å²) in [6.45, 7) is 2.83. The molecule has 0 bridgehead atoms. The number of halogens is 1. The molecule has 5 heteroatoms. The van der Waals surface area contributed by atoms with E-state index in [9.17, 15) is 0 Å². The smallest absolute Gasteiger partial charge is 0.128 e. The van der Waals surface area contributed by atoms with Crippen LogP contribution in [0, 0.1) is 6.92 Å². The van der Waals surface area contributed by atoms with Crippen LogP contribution >= 0.6 is 15.9 Å². The Balaban J connectivity index is 2.59. The van der Waals surface area contributed by atoms with Crippen molar-refractivity contribution in [2.45, 2.75) is 13.5 Å². The first kappa shape index (κ1) is 14.1. The van der Waals surface area contributed by atoms with Crippen molar-refractivity contribution in [3.05, 3.63) is 33.9 Å².